The highest BCUT2D eigenvalue weighted by atomic mass is 16.3. The Labute approximate surface area is 109 Å². The van der Waals surface area contributed by atoms with Crippen molar-refractivity contribution in [2.45, 2.75) is 45.1 Å². The van der Waals surface area contributed by atoms with E-state index in [0.717, 1.165) is 5.56 Å². The molecule has 3 heteroatoms. The lowest BCUT2D eigenvalue weighted by Crippen LogP contribution is -2.53. The van der Waals surface area contributed by atoms with E-state index in [1.165, 1.54) is 0 Å². The van der Waals surface area contributed by atoms with Crippen molar-refractivity contribution in [3.05, 3.63) is 35.9 Å². The lowest BCUT2D eigenvalue weighted by Gasteiger charge is -2.33. The number of carbonyl (C=O) groups is 1. The topological polar surface area (TPSA) is 49.3 Å². The van der Waals surface area contributed by atoms with E-state index in [-0.39, 0.29) is 12.5 Å². The molecule has 3 nitrogen and oxygen atoms in total. The molecule has 0 heterocycles. The van der Waals surface area contributed by atoms with Gasteiger partial charge in [0.25, 0.3) is 0 Å². The predicted octanol–water partition coefficient (Wildman–Crippen LogP) is 2.24. The molecule has 18 heavy (non-hydrogen) atoms. The highest BCUT2D eigenvalue weighted by Gasteiger charge is 2.34. The smallest absolute Gasteiger partial charge is 0.230 e. The maximum atomic E-state index is 12.4. The van der Waals surface area contributed by atoms with Gasteiger partial charge >= 0.3 is 0 Å². The number of rotatable bonds is 5. The van der Waals surface area contributed by atoms with Crippen molar-refractivity contribution in [2.24, 2.45) is 0 Å². The van der Waals surface area contributed by atoms with Crippen LogP contribution in [0.3, 0.4) is 0 Å². The average molecular weight is 249 g/mol. The van der Waals surface area contributed by atoms with Crippen LogP contribution < -0.4 is 5.32 Å². The van der Waals surface area contributed by atoms with E-state index in [0.29, 0.717) is 6.42 Å². The second-order valence-electron chi connectivity index (χ2n) is 5.52. The van der Waals surface area contributed by atoms with E-state index in [1.807, 2.05) is 58.0 Å². The zero-order chi connectivity index (χ0) is 13.8. The number of nitrogens with one attached hydrogen (secondary N) is 1. The normalized spacial score (nSPS) is 14.9. The van der Waals surface area contributed by atoms with Gasteiger partial charge in [0.1, 0.15) is 0 Å². The summed E-state index contributed by atoms with van der Waals surface area (Å²) in [6, 6.07) is 9.68. The number of hydrogen-bond donors (Lipinski definition) is 2. The molecule has 0 aliphatic carbocycles. The summed E-state index contributed by atoms with van der Waals surface area (Å²) in [6.45, 7) is 7.54. The fourth-order valence-corrected chi connectivity index (χ4v) is 1.66. The SMILES string of the molecule is CCC(C)(CO)NC(=O)C(C)(C)c1ccccc1. The third-order valence-electron chi connectivity index (χ3n) is 3.61. The third-order valence-corrected chi connectivity index (χ3v) is 3.61. The second-order valence-corrected chi connectivity index (χ2v) is 5.52. The van der Waals surface area contributed by atoms with Crippen LogP contribution in [0, 0.1) is 0 Å². The molecule has 100 valence electrons. The first-order chi connectivity index (χ1) is 8.35. The fraction of sp³-hybridized carbons (Fsp3) is 0.533. The van der Waals surface area contributed by atoms with Gasteiger partial charge in [-0.2, -0.15) is 0 Å². The largest absolute Gasteiger partial charge is 0.394 e. The van der Waals surface area contributed by atoms with E-state index < -0.39 is 11.0 Å². The molecule has 0 aromatic heterocycles. The number of aliphatic hydroxyl groups is 1. The summed E-state index contributed by atoms with van der Waals surface area (Å²) in [6.07, 6.45) is 0.695. The lowest BCUT2D eigenvalue weighted by molar-refractivity contribution is -0.128. The maximum absolute atomic E-state index is 12.4. The van der Waals surface area contributed by atoms with Gasteiger partial charge in [0.15, 0.2) is 0 Å². The molecule has 0 spiro atoms. The third kappa shape index (κ3) is 3.10. The standard InChI is InChI=1S/C15H23NO2/c1-5-15(4,11-17)16-13(18)14(2,3)12-9-7-6-8-10-12/h6-10,17H,5,11H2,1-4H3,(H,16,18). The molecule has 0 fully saturated rings. The lowest BCUT2D eigenvalue weighted by atomic mass is 9.82. The van der Waals surface area contributed by atoms with Crippen molar-refractivity contribution >= 4 is 5.91 Å². The van der Waals surface area contributed by atoms with Gasteiger partial charge in [-0.1, -0.05) is 37.3 Å². The summed E-state index contributed by atoms with van der Waals surface area (Å²) in [7, 11) is 0. The Kier molecular flexibility index (Phi) is 4.52. The minimum Gasteiger partial charge on any atom is -0.394 e. The first kappa shape index (κ1) is 14.7. The monoisotopic (exact) mass is 249 g/mol. The van der Waals surface area contributed by atoms with Gasteiger partial charge in [-0.15, -0.1) is 0 Å². The molecule has 0 radical (unpaired) electrons. The number of aliphatic hydroxyl groups excluding tert-OH is 1. The van der Waals surface area contributed by atoms with Gasteiger partial charge < -0.3 is 10.4 Å². The van der Waals surface area contributed by atoms with Crippen molar-refractivity contribution in [1.29, 1.82) is 0 Å². The summed E-state index contributed by atoms with van der Waals surface area (Å²) >= 11 is 0. The van der Waals surface area contributed by atoms with E-state index >= 15 is 0 Å². The van der Waals surface area contributed by atoms with Crippen LogP contribution in [0.5, 0.6) is 0 Å². The summed E-state index contributed by atoms with van der Waals surface area (Å²) < 4.78 is 0. The molecular weight excluding hydrogens is 226 g/mol. The zero-order valence-electron chi connectivity index (χ0n) is 11.7. The van der Waals surface area contributed by atoms with Crippen molar-refractivity contribution in [1.82, 2.24) is 5.32 Å². The zero-order valence-corrected chi connectivity index (χ0v) is 11.7. The van der Waals surface area contributed by atoms with Crippen LogP contribution >= 0.6 is 0 Å². The van der Waals surface area contributed by atoms with Crippen LogP contribution in [0.15, 0.2) is 30.3 Å². The van der Waals surface area contributed by atoms with Gasteiger partial charge in [0.05, 0.1) is 17.6 Å². The number of benzene rings is 1. The van der Waals surface area contributed by atoms with E-state index in [4.69, 9.17) is 0 Å². The molecule has 0 saturated heterocycles. The van der Waals surface area contributed by atoms with E-state index in [2.05, 4.69) is 5.32 Å². The van der Waals surface area contributed by atoms with Gasteiger partial charge in [-0.3, -0.25) is 4.79 Å². The van der Waals surface area contributed by atoms with Crippen LogP contribution in [-0.2, 0) is 10.2 Å². The molecular formula is C15H23NO2. The van der Waals surface area contributed by atoms with Crippen LogP contribution in [-0.4, -0.2) is 23.2 Å². The summed E-state index contributed by atoms with van der Waals surface area (Å²) in [4.78, 5) is 12.4. The Balaban J connectivity index is 2.90. The maximum Gasteiger partial charge on any atom is 0.230 e. The minimum absolute atomic E-state index is 0.0554. The molecule has 0 saturated carbocycles. The molecule has 1 rings (SSSR count). The molecule has 0 aliphatic heterocycles. The molecule has 1 unspecified atom stereocenters. The fourth-order valence-electron chi connectivity index (χ4n) is 1.66. The Morgan fingerprint density at radius 3 is 2.22 bits per heavy atom. The Morgan fingerprint density at radius 1 is 1.22 bits per heavy atom. The average Bonchev–Trinajstić information content (AvgIpc) is 2.39. The van der Waals surface area contributed by atoms with Gasteiger partial charge in [0.2, 0.25) is 5.91 Å². The number of carbonyl (C=O) groups excluding carboxylic acids is 1. The number of hydrogen-bond acceptors (Lipinski definition) is 2. The predicted molar refractivity (Wildman–Crippen MR) is 73.4 cm³/mol. The van der Waals surface area contributed by atoms with Gasteiger partial charge in [0, 0.05) is 0 Å². The molecule has 0 aliphatic rings. The van der Waals surface area contributed by atoms with Crippen molar-refractivity contribution in [3.63, 3.8) is 0 Å². The molecule has 1 atom stereocenters. The first-order valence-electron chi connectivity index (χ1n) is 6.35. The van der Waals surface area contributed by atoms with Crippen molar-refractivity contribution < 1.29 is 9.90 Å². The Morgan fingerprint density at radius 2 is 1.78 bits per heavy atom. The van der Waals surface area contributed by atoms with Crippen LogP contribution in [0.25, 0.3) is 0 Å². The molecule has 2 N–H and O–H groups in total. The van der Waals surface area contributed by atoms with Gasteiger partial charge in [-0.05, 0) is 32.8 Å². The molecule has 0 bridgehead atoms. The highest BCUT2D eigenvalue weighted by molar-refractivity contribution is 5.87. The summed E-state index contributed by atoms with van der Waals surface area (Å²) in [5.74, 6) is -0.0629. The van der Waals surface area contributed by atoms with Gasteiger partial charge in [-0.25, -0.2) is 0 Å². The Bertz CT molecular complexity index is 394. The quantitative estimate of drug-likeness (QED) is 0.841. The molecule has 1 aromatic carbocycles. The van der Waals surface area contributed by atoms with E-state index in [1.54, 1.807) is 0 Å². The Hall–Kier alpha value is -1.35. The van der Waals surface area contributed by atoms with Crippen LogP contribution in [0.4, 0.5) is 0 Å². The van der Waals surface area contributed by atoms with Crippen molar-refractivity contribution in [2.75, 3.05) is 6.61 Å². The summed E-state index contributed by atoms with van der Waals surface area (Å²) in [5, 5.41) is 12.3. The first-order valence-corrected chi connectivity index (χ1v) is 6.35. The van der Waals surface area contributed by atoms with E-state index in [9.17, 15) is 9.90 Å². The second kappa shape index (κ2) is 5.53. The summed E-state index contributed by atoms with van der Waals surface area (Å²) in [5.41, 5.74) is -0.186. The molecule has 1 amide bonds. The molecule has 1 aromatic rings. The highest BCUT2D eigenvalue weighted by Crippen LogP contribution is 2.24. The minimum atomic E-state index is -0.604. The van der Waals surface area contributed by atoms with Crippen LogP contribution in [0.2, 0.25) is 0 Å². The number of amides is 1. The van der Waals surface area contributed by atoms with Crippen LogP contribution in [0.1, 0.15) is 39.7 Å². The van der Waals surface area contributed by atoms with Crippen molar-refractivity contribution in [3.8, 4) is 0 Å².